The van der Waals surface area contributed by atoms with Crippen LogP contribution in [0.2, 0.25) is 0 Å². The molecule has 1 unspecified atom stereocenters. The highest BCUT2D eigenvalue weighted by Gasteiger charge is 2.24. The van der Waals surface area contributed by atoms with Gasteiger partial charge < -0.3 is 15.7 Å². The lowest BCUT2D eigenvalue weighted by molar-refractivity contribution is 0.167. The lowest BCUT2D eigenvalue weighted by Crippen LogP contribution is -2.50. The number of urea groups is 1. The van der Waals surface area contributed by atoms with Gasteiger partial charge in [0.05, 0.1) is 23.3 Å². The van der Waals surface area contributed by atoms with Gasteiger partial charge in [0.1, 0.15) is 0 Å². The van der Waals surface area contributed by atoms with Crippen LogP contribution in [0.25, 0.3) is 10.9 Å². The van der Waals surface area contributed by atoms with Gasteiger partial charge in [0.25, 0.3) is 0 Å². The fraction of sp³-hybridized carbons (Fsp3) is 0.412. The summed E-state index contributed by atoms with van der Waals surface area (Å²) in [6.45, 7) is 5.67. The summed E-state index contributed by atoms with van der Waals surface area (Å²) in [5.74, 6) is 0. The number of carbonyl (C=O) groups excluding carboxylic acids is 1. The number of aliphatic hydroxyl groups is 1. The Bertz CT molecular complexity index is 672. The van der Waals surface area contributed by atoms with Crippen molar-refractivity contribution in [3.63, 3.8) is 0 Å². The monoisotopic (exact) mass is 301 g/mol. The average Bonchev–Trinajstić information content (AvgIpc) is 2.48. The van der Waals surface area contributed by atoms with Crippen molar-refractivity contribution < 1.29 is 9.90 Å². The number of carbonyl (C=O) groups is 1. The van der Waals surface area contributed by atoms with Gasteiger partial charge in [-0.2, -0.15) is 0 Å². The van der Waals surface area contributed by atoms with E-state index in [-0.39, 0.29) is 12.6 Å². The van der Waals surface area contributed by atoms with Gasteiger partial charge in [0.2, 0.25) is 0 Å². The SMILES string of the molecule is CCCC(C)(CO)NC(=O)Nc1cccc2ccc(C)nc12. The number of pyridine rings is 1. The number of benzene rings is 1. The Kier molecular flexibility index (Phi) is 4.98. The second kappa shape index (κ2) is 6.75. The zero-order valence-corrected chi connectivity index (χ0v) is 13.3. The molecule has 0 bridgehead atoms. The van der Waals surface area contributed by atoms with E-state index in [0.29, 0.717) is 12.1 Å². The van der Waals surface area contributed by atoms with Crippen molar-refractivity contribution in [3.05, 3.63) is 36.0 Å². The van der Waals surface area contributed by atoms with Crippen LogP contribution in [0, 0.1) is 6.92 Å². The fourth-order valence-electron chi connectivity index (χ4n) is 2.51. The molecule has 0 spiro atoms. The Morgan fingerprint density at radius 3 is 2.77 bits per heavy atom. The summed E-state index contributed by atoms with van der Waals surface area (Å²) in [5.41, 5.74) is 1.70. The smallest absolute Gasteiger partial charge is 0.319 e. The van der Waals surface area contributed by atoms with Crippen molar-refractivity contribution >= 4 is 22.6 Å². The number of hydrogen-bond acceptors (Lipinski definition) is 3. The van der Waals surface area contributed by atoms with Gasteiger partial charge in [0, 0.05) is 11.1 Å². The number of amides is 2. The summed E-state index contributed by atoms with van der Waals surface area (Å²) in [6, 6.07) is 9.25. The van der Waals surface area contributed by atoms with Gasteiger partial charge in [-0.1, -0.05) is 31.5 Å². The second-order valence-corrected chi connectivity index (χ2v) is 5.88. The summed E-state index contributed by atoms with van der Waals surface area (Å²) < 4.78 is 0. The van der Waals surface area contributed by atoms with Crippen LogP contribution in [0.3, 0.4) is 0 Å². The van der Waals surface area contributed by atoms with E-state index in [1.54, 1.807) is 0 Å². The molecule has 5 heteroatoms. The molecule has 0 aliphatic heterocycles. The van der Waals surface area contributed by atoms with Crippen molar-refractivity contribution in [2.24, 2.45) is 0 Å². The molecule has 118 valence electrons. The molecule has 0 saturated heterocycles. The Balaban J connectivity index is 2.20. The molecule has 0 aliphatic carbocycles. The van der Waals surface area contributed by atoms with E-state index in [2.05, 4.69) is 15.6 Å². The van der Waals surface area contributed by atoms with Crippen LogP contribution in [0.15, 0.2) is 30.3 Å². The number of anilines is 1. The van der Waals surface area contributed by atoms with Gasteiger partial charge in [0.15, 0.2) is 0 Å². The van der Waals surface area contributed by atoms with Crippen LogP contribution in [0.1, 0.15) is 32.4 Å². The first-order valence-corrected chi connectivity index (χ1v) is 7.54. The van der Waals surface area contributed by atoms with Crippen molar-refractivity contribution in [2.75, 3.05) is 11.9 Å². The third kappa shape index (κ3) is 3.74. The molecular formula is C17H23N3O2. The van der Waals surface area contributed by atoms with Gasteiger partial charge in [-0.25, -0.2) is 4.79 Å². The van der Waals surface area contributed by atoms with Crippen LogP contribution in [0.4, 0.5) is 10.5 Å². The molecule has 0 radical (unpaired) electrons. The van der Waals surface area contributed by atoms with Crippen molar-refractivity contribution in [1.29, 1.82) is 0 Å². The zero-order chi connectivity index (χ0) is 16.2. The summed E-state index contributed by atoms with van der Waals surface area (Å²) in [5, 5.41) is 16.1. The first kappa shape index (κ1) is 16.2. The number of aromatic nitrogens is 1. The van der Waals surface area contributed by atoms with Crippen LogP contribution >= 0.6 is 0 Å². The van der Waals surface area contributed by atoms with Gasteiger partial charge in [-0.05, 0) is 32.4 Å². The van der Waals surface area contributed by atoms with Gasteiger partial charge >= 0.3 is 6.03 Å². The summed E-state index contributed by atoms with van der Waals surface area (Å²) in [7, 11) is 0. The molecule has 22 heavy (non-hydrogen) atoms. The maximum absolute atomic E-state index is 12.2. The average molecular weight is 301 g/mol. The molecule has 2 aromatic rings. The largest absolute Gasteiger partial charge is 0.394 e. The number of hydrogen-bond donors (Lipinski definition) is 3. The Morgan fingerprint density at radius 1 is 1.32 bits per heavy atom. The Morgan fingerprint density at radius 2 is 2.09 bits per heavy atom. The summed E-state index contributed by atoms with van der Waals surface area (Å²) in [6.07, 6.45) is 1.59. The van der Waals surface area contributed by atoms with Crippen LogP contribution in [-0.2, 0) is 0 Å². The standard InChI is InChI=1S/C17H23N3O2/c1-4-10-17(3,11-21)20-16(22)19-14-7-5-6-13-9-8-12(2)18-15(13)14/h5-9,21H,4,10-11H2,1-3H3,(H2,19,20,22). The second-order valence-electron chi connectivity index (χ2n) is 5.88. The number of aryl methyl sites for hydroxylation is 1. The number of nitrogens with zero attached hydrogens (tertiary/aromatic N) is 1. The zero-order valence-electron chi connectivity index (χ0n) is 13.3. The van der Waals surface area contributed by atoms with Crippen LogP contribution < -0.4 is 10.6 Å². The minimum absolute atomic E-state index is 0.0961. The summed E-state index contributed by atoms with van der Waals surface area (Å²) >= 11 is 0. The molecule has 5 nitrogen and oxygen atoms in total. The highest BCUT2D eigenvalue weighted by Crippen LogP contribution is 2.22. The molecule has 3 N–H and O–H groups in total. The first-order chi connectivity index (χ1) is 10.5. The molecule has 0 saturated carbocycles. The number of rotatable bonds is 5. The van der Waals surface area contributed by atoms with E-state index in [1.165, 1.54) is 0 Å². The maximum Gasteiger partial charge on any atom is 0.319 e. The lowest BCUT2D eigenvalue weighted by atomic mass is 9.98. The van der Waals surface area contributed by atoms with Gasteiger partial charge in [-0.3, -0.25) is 4.98 Å². The predicted octanol–water partition coefficient (Wildman–Crippen LogP) is 3.22. The van der Waals surface area contributed by atoms with E-state index in [0.717, 1.165) is 23.0 Å². The molecule has 1 atom stereocenters. The lowest BCUT2D eigenvalue weighted by Gasteiger charge is -2.28. The normalized spacial score (nSPS) is 13.6. The Hall–Kier alpha value is -2.14. The molecule has 2 amide bonds. The number of aliphatic hydroxyl groups excluding tert-OH is 1. The molecule has 1 aromatic heterocycles. The third-order valence-electron chi connectivity index (χ3n) is 3.67. The number of fused-ring (bicyclic) bond motifs is 1. The van der Waals surface area contributed by atoms with Crippen molar-refractivity contribution in [3.8, 4) is 0 Å². The number of para-hydroxylation sites is 1. The highest BCUT2D eigenvalue weighted by atomic mass is 16.3. The molecule has 1 aromatic carbocycles. The van der Waals surface area contributed by atoms with E-state index in [9.17, 15) is 9.90 Å². The van der Waals surface area contributed by atoms with Crippen LogP contribution in [0.5, 0.6) is 0 Å². The van der Waals surface area contributed by atoms with E-state index >= 15 is 0 Å². The highest BCUT2D eigenvalue weighted by molar-refractivity contribution is 5.99. The number of nitrogens with one attached hydrogen (secondary N) is 2. The molecule has 0 fully saturated rings. The van der Waals surface area contributed by atoms with E-state index < -0.39 is 5.54 Å². The van der Waals surface area contributed by atoms with Gasteiger partial charge in [-0.15, -0.1) is 0 Å². The fourth-order valence-corrected chi connectivity index (χ4v) is 2.51. The van der Waals surface area contributed by atoms with Crippen molar-refractivity contribution in [1.82, 2.24) is 10.3 Å². The predicted molar refractivity (Wildman–Crippen MR) is 89.0 cm³/mol. The topological polar surface area (TPSA) is 74.2 Å². The molecule has 0 aliphatic rings. The first-order valence-electron chi connectivity index (χ1n) is 7.54. The third-order valence-corrected chi connectivity index (χ3v) is 3.67. The minimum atomic E-state index is -0.618. The quantitative estimate of drug-likeness (QED) is 0.794. The Labute approximate surface area is 130 Å². The maximum atomic E-state index is 12.2. The molecule has 1 heterocycles. The van der Waals surface area contributed by atoms with Crippen molar-refractivity contribution in [2.45, 2.75) is 39.2 Å². The summed E-state index contributed by atoms with van der Waals surface area (Å²) in [4.78, 5) is 16.7. The molecular weight excluding hydrogens is 278 g/mol. The molecule has 2 rings (SSSR count). The van der Waals surface area contributed by atoms with E-state index in [1.807, 2.05) is 51.1 Å². The minimum Gasteiger partial charge on any atom is -0.394 e. The van der Waals surface area contributed by atoms with E-state index in [4.69, 9.17) is 0 Å². The van der Waals surface area contributed by atoms with Crippen LogP contribution in [-0.4, -0.2) is 28.3 Å².